The molecule has 1 aliphatic heterocycles. The van der Waals surface area contributed by atoms with E-state index in [9.17, 15) is 9.59 Å². The maximum atomic E-state index is 11.8. The fraction of sp³-hybridized carbons (Fsp3) is 0.833. The second kappa shape index (κ2) is 7.92. The molecule has 0 aromatic carbocycles. The van der Waals surface area contributed by atoms with Crippen LogP contribution in [-0.4, -0.2) is 54.7 Å². The normalized spacial score (nSPS) is 19.6. The lowest BCUT2D eigenvalue weighted by molar-refractivity contribution is -0.143. The van der Waals surface area contributed by atoms with Crippen molar-refractivity contribution >= 4 is 12.0 Å². The first kappa shape index (κ1) is 14.8. The predicted octanol–water partition coefficient (Wildman–Crippen LogP) is 0.492. The van der Waals surface area contributed by atoms with Gasteiger partial charge in [-0.2, -0.15) is 0 Å². The number of urea groups is 1. The van der Waals surface area contributed by atoms with Gasteiger partial charge in [0.2, 0.25) is 0 Å². The summed E-state index contributed by atoms with van der Waals surface area (Å²) in [7, 11) is 0. The van der Waals surface area contributed by atoms with E-state index in [-0.39, 0.29) is 6.03 Å². The van der Waals surface area contributed by atoms with Crippen molar-refractivity contribution in [1.82, 2.24) is 15.5 Å². The average molecular weight is 257 g/mol. The second-order valence-electron chi connectivity index (χ2n) is 4.56. The van der Waals surface area contributed by atoms with E-state index in [1.54, 1.807) is 4.90 Å². The molecule has 6 heteroatoms. The zero-order valence-corrected chi connectivity index (χ0v) is 10.9. The number of carbonyl (C=O) groups excluding carboxylic acids is 1. The Labute approximate surface area is 108 Å². The van der Waals surface area contributed by atoms with Crippen LogP contribution in [0.3, 0.4) is 0 Å². The minimum atomic E-state index is -0.806. The van der Waals surface area contributed by atoms with Gasteiger partial charge in [0.25, 0.3) is 0 Å². The number of nitrogens with zero attached hydrogens (tertiary/aromatic N) is 1. The molecule has 0 aromatic heterocycles. The molecule has 1 saturated heterocycles. The van der Waals surface area contributed by atoms with Crippen molar-refractivity contribution in [2.24, 2.45) is 5.92 Å². The van der Waals surface area contributed by atoms with E-state index in [0.717, 1.165) is 25.9 Å². The summed E-state index contributed by atoms with van der Waals surface area (Å²) >= 11 is 0. The lowest BCUT2D eigenvalue weighted by atomic mass is 9.99. The monoisotopic (exact) mass is 257 g/mol. The molecule has 0 radical (unpaired) electrons. The number of piperidine rings is 1. The summed E-state index contributed by atoms with van der Waals surface area (Å²) in [6.07, 6.45) is 2.32. The summed E-state index contributed by atoms with van der Waals surface area (Å²) in [6, 6.07) is -0.141. The molecule has 3 N–H and O–H groups in total. The average Bonchev–Trinajstić information content (AvgIpc) is 2.38. The number of likely N-dealkylation sites (tertiary alicyclic amines) is 1. The molecule has 0 unspecified atom stereocenters. The molecule has 1 rings (SSSR count). The van der Waals surface area contributed by atoms with E-state index in [2.05, 4.69) is 10.6 Å². The molecule has 1 aliphatic rings. The molecule has 1 fully saturated rings. The highest BCUT2D eigenvalue weighted by Gasteiger charge is 2.27. The summed E-state index contributed by atoms with van der Waals surface area (Å²) < 4.78 is 0. The summed E-state index contributed by atoms with van der Waals surface area (Å²) in [4.78, 5) is 24.3. The first-order chi connectivity index (χ1) is 8.65. The van der Waals surface area contributed by atoms with Gasteiger partial charge >= 0.3 is 12.0 Å². The quantitative estimate of drug-likeness (QED) is 0.605. The third kappa shape index (κ3) is 4.91. The number of carbonyl (C=O) groups is 2. The Morgan fingerprint density at radius 1 is 1.39 bits per heavy atom. The molecule has 0 saturated carbocycles. The number of nitrogens with one attached hydrogen (secondary N) is 2. The van der Waals surface area contributed by atoms with Crippen LogP contribution < -0.4 is 10.6 Å². The highest BCUT2D eigenvalue weighted by atomic mass is 16.4. The zero-order chi connectivity index (χ0) is 13.4. The van der Waals surface area contributed by atoms with Gasteiger partial charge < -0.3 is 20.6 Å². The fourth-order valence-electron chi connectivity index (χ4n) is 2.06. The number of amides is 2. The smallest absolute Gasteiger partial charge is 0.317 e. The maximum absolute atomic E-state index is 11.8. The van der Waals surface area contributed by atoms with Gasteiger partial charge in [0.15, 0.2) is 0 Å². The number of aliphatic carboxylic acids is 1. The Hall–Kier alpha value is -1.30. The highest BCUT2D eigenvalue weighted by molar-refractivity contribution is 5.76. The topological polar surface area (TPSA) is 81.7 Å². The van der Waals surface area contributed by atoms with Gasteiger partial charge in [0, 0.05) is 19.6 Å². The van der Waals surface area contributed by atoms with E-state index in [4.69, 9.17) is 5.11 Å². The number of carboxylic acids is 1. The van der Waals surface area contributed by atoms with Crippen LogP contribution in [-0.2, 0) is 4.79 Å². The van der Waals surface area contributed by atoms with Crippen LogP contribution in [0.4, 0.5) is 4.79 Å². The van der Waals surface area contributed by atoms with Gasteiger partial charge in [-0.3, -0.25) is 4.79 Å². The Morgan fingerprint density at radius 2 is 2.17 bits per heavy atom. The van der Waals surface area contributed by atoms with Crippen molar-refractivity contribution in [2.45, 2.75) is 26.2 Å². The van der Waals surface area contributed by atoms with Crippen LogP contribution in [0.5, 0.6) is 0 Å². The molecule has 0 aliphatic carbocycles. The highest BCUT2D eigenvalue weighted by Crippen LogP contribution is 2.16. The zero-order valence-electron chi connectivity index (χ0n) is 10.9. The third-order valence-corrected chi connectivity index (χ3v) is 3.11. The predicted molar refractivity (Wildman–Crippen MR) is 68.5 cm³/mol. The van der Waals surface area contributed by atoms with Crippen LogP contribution in [0, 0.1) is 5.92 Å². The molecule has 104 valence electrons. The molecular weight excluding hydrogens is 234 g/mol. The van der Waals surface area contributed by atoms with Gasteiger partial charge in [-0.05, 0) is 32.4 Å². The number of carboxylic acid groups (broad SMARTS) is 1. The van der Waals surface area contributed by atoms with Crippen molar-refractivity contribution in [1.29, 1.82) is 0 Å². The summed E-state index contributed by atoms with van der Waals surface area (Å²) in [6.45, 7) is 5.46. The van der Waals surface area contributed by atoms with Gasteiger partial charge in [-0.25, -0.2) is 4.79 Å². The number of hydrogen-bond acceptors (Lipinski definition) is 3. The Morgan fingerprint density at radius 3 is 2.83 bits per heavy atom. The van der Waals surface area contributed by atoms with Crippen molar-refractivity contribution in [3.8, 4) is 0 Å². The van der Waals surface area contributed by atoms with Gasteiger partial charge in [-0.1, -0.05) is 6.92 Å². The van der Waals surface area contributed by atoms with E-state index < -0.39 is 11.9 Å². The van der Waals surface area contributed by atoms with Crippen molar-refractivity contribution in [2.75, 3.05) is 32.7 Å². The van der Waals surface area contributed by atoms with E-state index in [1.807, 2.05) is 6.92 Å². The molecule has 18 heavy (non-hydrogen) atoms. The first-order valence-electron chi connectivity index (χ1n) is 6.61. The Bertz CT molecular complexity index is 284. The standard InChI is InChI=1S/C12H23N3O3/c1-2-13-6-4-7-14-12(18)15-8-3-5-10(9-15)11(16)17/h10,13H,2-9H2,1H3,(H,14,18)(H,16,17)/t10-/m1/s1. The lowest BCUT2D eigenvalue weighted by Crippen LogP contribution is -2.47. The number of hydrogen-bond donors (Lipinski definition) is 3. The maximum Gasteiger partial charge on any atom is 0.317 e. The van der Waals surface area contributed by atoms with Crippen LogP contribution in [0.1, 0.15) is 26.2 Å². The Balaban J connectivity index is 2.22. The minimum Gasteiger partial charge on any atom is -0.481 e. The molecule has 1 heterocycles. The first-order valence-corrected chi connectivity index (χ1v) is 6.61. The van der Waals surface area contributed by atoms with E-state index >= 15 is 0 Å². The minimum absolute atomic E-state index is 0.141. The summed E-state index contributed by atoms with van der Waals surface area (Å²) in [5.74, 6) is -1.22. The molecular formula is C12H23N3O3. The fourth-order valence-corrected chi connectivity index (χ4v) is 2.06. The van der Waals surface area contributed by atoms with Gasteiger partial charge in [0.1, 0.15) is 0 Å². The summed E-state index contributed by atoms with van der Waals surface area (Å²) in [5.41, 5.74) is 0. The molecule has 1 atom stereocenters. The Kier molecular flexibility index (Phi) is 6.49. The molecule has 0 aromatic rings. The second-order valence-corrected chi connectivity index (χ2v) is 4.56. The molecule has 2 amide bonds. The third-order valence-electron chi connectivity index (χ3n) is 3.11. The van der Waals surface area contributed by atoms with Crippen LogP contribution >= 0.6 is 0 Å². The van der Waals surface area contributed by atoms with E-state index in [0.29, 0.717) is 26.1 Å². The van der Waals surface area contributed by atoms with Crippen LogP contribution in [0.15, 0.2) is 0 Å². The van der Waals surface area contributed by atoms with Crippen molar-refractivity contribution < 1.29 is 14.7 Å². The lowest BCUT2D eigenvalue weighted by Gasteiger charge is -2.30. The molecule has 0 spiro atoms. The van der Waals surface area contributed by atoms with Crippen molar-refractivity contribution in [3.63, 3.8) is 0 Å². The molecule has 6 nitrogen and oxygen atoms in total. The van der Waals surface area contributed by atoms with E-state index in [1.165, 1.54) is 0 Å². The van der Waals surface area contributed by atoms with Crippen LogP contribution in [0.25, 0.3) is 0 Å². The van der Waals surface area contributed by atoms with Crippen LogP contribution in [0.2, 0.25) is 0 Å². The summed E-state index contributed by atoms with van der Waals surface area (Å²) in [5, 5.41) is 15.0. The van der Waals surface area contributed by atoms with Crippen molar-refractivity contribution in [3.05, 3.63) is 0 Å². The number of rotatable bonds is 6. The largest absolute Gasteiger partial charge is 0.481 e. The SMILES string of the molecule is CCNCCCNC(=O)N1CCC[C@@H](C(=O)O)C1. The van der Waals surface area contributed by atoms with Gasteiger partial charge in [-0.15, -0.1) is 0 Å². The van der Waals surface area contributed by atoms with Gasteiger partial charge in [0.05, 0.1) is 5.92 Å². The molecule has 0 bridgehead atoms.